The van der Waals surface area contributed by atoms with Gasteiger partial charge in [-0.25, -0.2) is 0 Å². The molecule has 1 aromatic carbocycles. The van der Waals surface area contributed by atoms with Crippen molar-refractivity contribution in [3.8, 4) is 0 Å². The van der Waals surface area contributed by atoms with Gasteiger partial charge in [-0.15, -0.1) is 17.0 Å². The second-order valence-electron chi connectivity index (χ2n) is 7.11. The summed E-state index contributed by atoms with van der Waals surface area (Å²) in [6, 6.07) is 19.5. The summed E-state index contributed by atoms with van der Waals surface area (Å²) >= 11 is 0. The van der Waals surface area contributed by atoms with Gasteiger partial charge < -0.3 is 10.6 Å². The SMILES string of the molecule is Br.c1ccc(CNCc2ccc(CNC3CCCc4cccnc43)cc2)nc1. The quantitative estimate of drug-likeness (QED) is 0.569. The molecule has 1 atom stereocenters. The normalized spacial score (nSPS) is 15.5. The van der Waals surface area contributed by atoms with Gasteiger partial charge in [0, 0.05) is 32.0 Å². The lowest BCUT2D eigenvalue weighted by atomic mass is 9.92. The topological polar surface area (TPSA) is 49.8 Å². The first-order valence-electron chi connectivity index (χ1n) is 9.74. The molecule has 0 spiro atoms. The molecule has 0 amide bonds. The molecule has 0 bridgehead atoms. The molecule has 4 rings (SSSR count). The van der Waals surface area contributed by atoms with E-state index in [1.54, 1.807) is 0 Å². The van der Waals surface area contributed by atoms with E-state index in [-0.39, 0.29) is 17.0 Å². The molecule has 0 radical (unpaired) electrons. The first kappa shape index (κ1) is 20.6. The van der Waals surface area contributed by atoms with Crippen molar-refractivity contribution in [1.82, 2.24) is 20.6 Å². The fourth-order valence-electron chi connectivity index (χ4n) is 3.66. The molecule has 2 N–H and O–H groups in total. The monoisotopic (exact) mass is 438 g/mol. The average molecular weight is 439 g/mol. The number of pyridine rings is 2. The van der Waals surface area contributed by atoms with E-state index < -0.39 is 0 Å². The van der Waals surface area contributed by atoms with E-state index in [0.717, 1.165) is 31.7 Å². The molecular weight excluding hydrogens is 412 g/mol. The van der Waals surface area contributed by atoms with Crippen molar-refractivity contribution in [2.45, 2.75) is 44.9 Å². The van der Waals surface area contributed by atoms with Crippen LogP contribution >= 0.6 is 17.0 Å². The zero-order valence-electron chi connectivity index (χ0n) is 16.0. The predicted octanol–water partition coefficient (Wildman–Crippen LogP) is 4.51. The van der Waals surface area contributed by atoms with Crippen molar-refractivity contribution < 1.29 is 0 Å². The third kappa shape index (κ3) is 5.47. The Kier molecular flexibility index (Phi) is 7.71. The minimum Gasteiger partial charge on any atom is -0.307 e. The largest absolute Gasteiger partial charge is 0.307 e. The molecule has 0 saturated heterocycles. The maximum Gasteiger partial charge on any atom is 0.0605 e. The first-order valence-corrected chi connectivity index (χ1v) is 9.74. The lowest BCUT2D eigenvalue weighted by Crippen LogP contribution is -2.25. The number of rotatable bonds is 7. The van der Waals surface area contributed by atoms with Gasteiger partial charge in [-0.05, 0) is 54.2 Å². The van der Waals surface area contributed by atoms with Gasteiger partial charge in [0.2, 0.25) is 0 Å². The molecule has 3 aromatic rings. The van der Waals surface area contributed by atoms with Crippen LogP contribution in [-0.2, 0) is 26.1 Å². The van der Waals surface area contributed by atoms with E-state index in [2.05, 4.69) is 50.9 Å². The Morgan fingerprint density at radius 1 is 0.821 bits per heavy atom. The van der Waals surface area contributed by atoms with Crippen molar-refractivity contribution >= 4 is 17.0 Å². The van der Waals surface area contributed by atoms with Crippen LogP contribution in [0.2, 0.25) is 0 Å². The number of hydrogen-bond donors (Lipinski definition) is 2. The molecule has 1 aliphatic rings. The number of hydrogen-bond acceptors (Lipinski definition) is 4. The highest BCUT2D eigenvalue weighted by Crippen LogP contribution is 2.27. The van der Waals surface area contributed by atoms with Crippen LogP contribution in [0.1, 0.15) is 47.0 Å². The van der Waals surface area contributed by atoms with E-state index in [1.165, 1.54) is 35.2 Å². The van der Waals surface area contributed by atoms with Crippen LogP contribution in [0.25, 0.3) is 0 Å². The lowest BCUT2D eigenvalue weighted by Gasteiger charge is -2.25. The molecule has 1 aliphatic carbocycles. The number of fused-ring (bicyclic) bond motifs is 1. The molecule has 146 valence electrons. The smallest absolute Gasteiger partial charge is 0.0605 e. The summed E-state index contributed by atoms with van der Waals surface area (Å²) in [4.78, 5) is 8.94. The predicted molar refractivity (Wildman–Crippen MR) is 118 cm³/mol. The van der Waals surface area contributed by atoms with Crippen LogP contribution in [0.4, 0.5) is 0 Å². The molecule has 28 heavy (non-hydrogen) atoms. The number of nitrogens with one attached hydrogen (secondary N) is 2. The van der Waals surface area contributed by atoms with E-state index in [0.29, 0.717) is 6.04 Å². The fourth-order valence-corrected chi connectivity index (χ4v) is 3.66. The number of aryl methyl sites for hydroxylation is 1. The van der Waals surface area contributed by atoms with Crippen LogP contribution in [0, 0.1) is 0 Å². The van der Waals surface area contributed by atoms with Gasteiger partial charge >= 0.3 is 0 Å². The van der Waals surface area contributed by atoms with Crippen LogP contribution in [0.5, 0.6) is 0 Å². The Hall–Kier alpha value is -2.08. The third-order valence-electron chi connectivity index (χ3n) is 5.13. The summed E-state index contributed by atoms with van der Waals surface area (Å²) in [5.74, 6) is 0. The van der Waals surface area contributed by atoms with Gasteiger partial charge in [-0.3, -0.25) is 9.97 Å². The van der Waals surface area contributed by atoms with Gasteiger partial charge in [0.1, 0.15) is 0 Å². The third-order valence-corrected chi connectivity index (χ3v) is 5.13. The zero-order valence-corrected chi connectivity index (χ0v) is 17.7. The van der Waals surface area contributed by atoms with E-state index in [4.69, 9.17) is 0 Å². The highest BCUT2D eigenvalue weighted by atomic mass is 79.9. The van der Waals surface area contributed by atoms with Gasteiger partial charge in [-0.1, -0.05) is 36.4 Å². The highest BCUT2D eigenvalue weighted by molar-refractivity contribution is 8.93. The molecule has 5 heteroatoms. The summed E-state index contributed by atoms with van der Waals surface area (Å²) in [5, 5.41) is 7.14. The van der Waals surface area contributed by atoms with Crippen molar-refractivity contribution in [2.24, 2.45) is 0 Å². The van der Waals surface area contributed by atoms with Crippen molar-refractivity contribution in [3.05, 3.63) is 95.1 Å². The maximum atomic E-state index is 4.61. The fraction of sp³-hybridized carbons (Fsp3) is 0.304. The van der Waals surface area contributed by atoms with Crippen molar-refractivity contribution in [1.29, 1.82) is 0 Å². The molecule has 1 unspecified atom stereocenters. The van der Waals surface area contributed by atoms with E-state index in [1.807, 2.05) is 36.7 Å². The highest BCUT2D eigenvalue weighted by Gasteiger charge is 2.20. The van der Waals surface area contributed by atoms with Crippen LogP contribution in [-0.4, -0.2) is 9.97 Å². The number of benzene rings is 1. The summed E-state index contributed by atoms with van der Waals surface area (Å²) < 4.78 is 0. The molecule has 0 aliphatic heterocycles. The first-order chi connectivity index (χ1) is 13.4. The van der Waals surface area contributed by atoms with Crippen LogP contribution in [0.3, 0.4) is 0 Å². The van der Waals surface area contributed by atoms with Crippen LogP contribution in [0.15, 0.2) is 67.0 Å². The molecule has 2 heterocycles. The zero-order chi connectivity index (χ0) is 18.3. The Morgan fingerprint density at radius 2 is 1.61 bits per heavy atom. The van der Waals surface area contributed by atoms with E-state index in [9.17, 15) is 0 Å². The van der Waals surface area contributed by atoms with Gasteiger partial charge in [0.05, 0.1) is 17.4 Å². The maximum absolute atomic E-state index is 4.61. The number of halogens is 1. The Bertz CT molecular complexity index is 852. The molecule has 0 fully saturated rings. The van der Waals surface area contributed by atoms with Crippen LogP contribution < -0.4 is 10.6 Å². The Balaban J connectivity index is 0.00000225. The summed E-state index contributed by atoms with van der Waals surface area (Å²) in [7, 11) is 0. The van der Waals surface area contributed by atoms with Gasteiger partial charge in [-0.2, -0.15) is 0 Å². The minimum atomic E-state index is 0. The summed E-state index contributed by atoms with van der Waals surface area (Å²) in [6.45, 7) is 2.52. The van der Waals surface area contributed by atoms with Gasteiger partial charge in [0.15, 0.2) is 0 Å². The van der Waals surface area contributed by atoms with Crippen molar-refractivity contribution in [3.63, 3.8) is 0 Å². The summed E-state index contributed by atoms with van der Waals surface area (Å²) in [6.07, 6.45) is 7.29. The number of aromatic nitrogens is 2. The molecule has 0 saturated carbocycles. The number of nitrogens with zero attached hydrogens (tertiary/aromatic N) is 2. The standard InChI is InChI=1S/C23H26N4.BrH/c1-2-13-25-21(7-1)17-24-15-18-9-11-19(12-10-18)16-27-22-8-3-5-20-6-4-14-26-23(20)22;/h1-2,4,6-7,9-14,22,24,27H,3,5,8,15-17H2;1H. The van der Waals surface area contributed by atoms with Gasteiger partial charge in [0.25, 0.3) is 0 Å². The Morgan fingerprint density at radius 3 is 2.39 bits per heavy atom. The molecule has 4 nitrogen and oxygen atoms in total. The second kappa shape index (κ2) is 10.5. The molecular formula is C23H27BrN4. The van der Waals surface area contributed by atoms with E-state index >= 15 is 0 Å². The summed E-state index contributed by atoms with van der Waals surface area (Å²) in [5.41, 5.74) is 6.31. The van der Waals surface area contributed by atoms with Crippen molar-refractivity contribution in [2.75, 3.05) is 0 Å². The lowest BCUT2D eigenvalue weighted by molar-refractivity contribution is 0.447. The second-order valence-corrected chi connectivity index (χ2v) is 7.11. The molecule has 2 aromatic heterocycles. The minimum absolute atomic E-state index is 0. The Labute approximate surface area is 177 Å². The average Bonchev–Trinajstić information content (AvgIpc) is 2.74.